The molecule has 0 rings (SSSR count). The lowest BCUT2D eigenvalue weighted by atomic mass is 10.1. The number of unbranched alkanes of at least 4 members (excludes halogenated alkanes) is 4. The van der Waals surface area contributed by atoms with Gasteiger partial charge in [0, 0.05) is 0 Å². The van der Waals surface area contributed by atoms with E-state index >= 15 is 0 Å². The highest BCUT2D eigenvalue weighted by atomic mass is 28.4. The Morgan fingerprint density at radius 3 is 1.48 bits per heavy atom. The Balaban J connectivity index is 4.28. The van der Waals surface area contributed by atoms with Crippen molar-refractivity contribution in [2.45, 2.75) is 90.5 Å². The van der Waals surface area contributed by atoms with Gasteiger partial charge in [0.1, 0.15) is 0 Å². The summed E-state index contributed by atoms with van der Waals surface area (Å²) in [5.41, 5.74) is 0. The van der Waals surface area contributed by atoms with E-state index in [4.69, 9.17) is 8.85 Å². The molecule has 0 N–H and O–H groups in total. The normalized spacial score (nSPS) is 14.7. The minimum atomic E-state index is -2.13. The maximum absolute atomic E-state index is 6.22. The Hall–Kier alpha value is -0.383. The van der Waals surface area contributed by atoms with Crippen molar-refractivity contribution in [2.24, 2.45) is 0 Å². The summed E-state index contributed by atoms with van der Waals surface area (Å²) >= 11 is 0. The summed E-state index contributed by atoms with van der Waals surface area (Å²) in [5.74, 6) is 0. The van der Waals surface area contributed by atoms with Gasteiger partial charge in [-0.25, -0.2) is 0 Å². The zero-order valence-electron chi connectivity index (χ0n) is 14.7. The first-order valence-electron chi connectivity index (χ1n) is 8.59. The summed E-state index contributed by atoms with van der Waals surface area (Å²) in [6.07, 6.45) is 13.6. The van der Waals surface area contributed by atoms with Crippen LogP contribution in [0.4, 0.5) is 0 Å². The molecule has 0 fully saturated rings. The first kappa shape index (κ1) is 20.6. The first-order valence-corrected chi connectivity index (χ1v) is 11.4. The Bertz CT molecular complexity index is 250. The topological polar surface area (TPSA) is 18.5 Å². The van der Waals surface area contributed by atoms with Crippen molar-refractivity contribution in [3.63, 3.8) is 0 Å². The second-order valence-corrected chi connectivity index (χ2v) is 9.45. The van der Waals surface area contributed by atoms with Crippen LogP contribution in [0.3, 0.4) is 0 Å². The molecule has 3 heteroatoms. The van der Waals surface area contributed by atoms with Crippen molar-refractivity contribution in [1.29, 1.82) is 0 Å². The summed E-state index contributed by atoms with van der Waals surface area (Å²) < 4.78 is 12.4. The van der Waals surface area contributed by atoms with Crippen LogP contribution in [0.2, 0.25) is 13.1 Å². The predicted octanol–water partition coefficient (Wildman–Crippen LogP) is 5.99. The molecule has 2 atom stereocenters. The number of rotatable bonds is 14. The summed E-state index contributed by atoms with van der Waals surface area (Å²) in [6, 6.07) is 0. The highest BCUT2D eigenvalue weighted by Crippen LogP contribution is 2.20. The molecule has 124 valence electrons. The van der Waals surface area contributed by atoms with Crippen LogP contribution in [0, 0.1) is 0 Å². The van der Waals surface area contributed by atoms with E-state index in [9.17, 15) is 0 Å². The van der Waals surface area contributed by atoms with Crippen LogP contribution in [-0.4, -0.2) is 20.8 Å². The summed E-state index contributed by atoms with van der Waals surface area (Å²) in [7, 11) is -2.13. The molecule has 0 spiro atoms. The van der Waals surface area contributed by atoms with E-state index < -0.39 is 8.56 Å². The molecule has 0 saturated carbocycles. The average molecular weight is 313 g/mol. The highest BCUT2D eigenvalue weighted by molar-refractivity contribution is 6.64. The van der Waals surface area contributed by atoms with Gasteiger partial charge in [-0.2, -0.15) is 0 Å². The van der Waals surface area contributed by atoms with E-state index in [1.54, 1.807) is 0 Å². The van der Waals surface area contributed by atoms with E-state index in [0.29, 0.717) is 0 Å². The van der Waals surface area contributed by atoms with Crippen LogP contribution in [0.1, 0.15) is 65.2 Å². The van der Waals surface area contributed by atoms with Gasteiger partial charge in [-0.05, 0) is 25.9 Å². The quantitative estimate of drug-likeness (QED) is 0.223. The molecule has 21 heavy (non-hydrogen) atoms. The lowest BCUT2D eigenvalue weighted by Crippen LogP contribution is -2.41. The maximum atomic E-state index is 6.22. The van der Waals surface area contributed by atoms with E-state index in [2.05, 4.69) is 40.1 Å². The summed E-state index contributed by atoms with van der Waals surface area (Å²) in [6.45, 7) is 16.5. The molecule has 0 heterocycles. The number of hydrogen-bond acceptors (Lipinski definition) is 2. The second kappa shape index (κ2) is 12.2. The molecule has 0 aromatic rings. The lowest BCUT2D eigenvalue weighted by molar-refractivity contribution is 0.112. The Kier molecular flexibility index (Phi) is 12.0. The van der Waals surface area contributed by atoms with Gasteiger partial charge in [-0.15, -0.1) is 13.2 Å². The van der Waals surface area contributed by atoms with Crippen LogP contribution < -0.4 is 0 Å². The molecule has 2 nitrogen and oxygen atoms in total. The van der Waals surface area contributed by atoms with E-state index in [1.807, 2.05) is 12.2 Å². The fraction of sp³-hybridized carbons (Fsp3) is 0.778. The monoisotopic (exact) mass is 312 g/mol. The Labute approximate surface area is 133 Å². The fourth-order valence-corrected chi connectivity index (χ4v) is 4.34. The van der Waals surface area contributed by atoms with Crippen LogP contribution in [0.5, 0.6) is 0 Å². The van der Waals surface area contributed by atoms with Crippen molar-refractivity contribution in [3.8, 4) is 0 Å². The largest absolute Gasteiger partial charge is 0.388 e. The Morgan fingerprint density at radius 2 is 1.19 bits per heavy atom. The van der Waals surface area contributed by atoms with Gasteiger partial charge >= 0.3 is 8.56 Å². The molecule has 0 amide bonds. The zero-order valence-corrected chi connectivity index (χ0v) is 15.7. The SMILES string of the molecule is C=CC(CCCCC)O[Si](C)(C)OC(C=C)CCCCC. The zero-order chi connectivity index (χ0) is 16.1. The highest BCUT2D eigenvalue weighted by Gasteiger charge is 2.30. The summed E-state index contributed by atoms with van der Waals surface area (Å²) in [4.78, 5) is 0. The molecule has 0 aliphatic rings. The molecule has 0 aromatic heterocycles. The first-order chi connectivity index (χ1) is 9.99. The fourth-order valence-electron chi connectivity index (χ4n) is 2.40. The van der Waals surface area contributed by atoms with Crippen molar-refractivity contribution >= 4 is 8.56 Å². The molecule has 0 aliphatic carbocycles. The third-order valence-corrected chi connectivity index (χ3v) is 5.32. The van der Waals surface area contributed by atoms with Crippen LogP contribution in [0.25, 0.3) is 0 Å². The maximum Gasteiger partial charge on any atom is 0.332 e. The van der Waals surface area contributed by atoms with Crippen LogP contribution in [0.15, 0.2) is 25.3 Å². The van der Waals surface area contributed by atoms with Crippen molar-refractivity contribution in [2.75, 3.05) is 0 Å². The molecule has 0 aromatic carbocycles. The van der Waals surface area contributed by atoms with Crippen molar-refractivity contribution < 1.29 is 8.85 Å². The van der Waals surface area contributed by atoms with Gasteiger partial charge in [-0.1, -0.05) is 64.5 Å². The van der Waals surface area contributed by atoms with Crippen molar-refractivity contribution in [3.05, 3.63) is 25.3 Å². The smallest absolute Gasteiger partial charge is 0.332 e. The summed E-state index contributed by atoms with van der Waals surface area (Å²) in [5, 5.41) is 0. The standard InChI is InChI=1S/C18H36O2Si/c1-7-11-13-15-17(9-3)19-21(5,6)20-18(10-4)16-14-12-8-2/h9-10,17-18H,3-4,7-8,11-16H2,1-2,5-6H3. The molecule has 0 aliphatic heterocycles. The van der Waals surface area contributed by atoms with E-state index in [0.717, 1.165) is 12.8 Å². The van der Waals surface area contributed by atoms with Gasteiger partial charge in [-0.3, -0.25) is 0 Å². The lowest BCUT2D eigenvalue weighted by Gasteiger charge is -2.30. The minimum Gasteiger partial charge on any atom is -0.388 e. The third kappa shape index (κ3) is 10.9. The van der Waals surface area contributed by atoms with Crippen LogP contribution in [-0.2, 0) is 8.85 Å². The Morgan fingerprint density at radius 1 is 0.810 bits per heavy atom. The van der Waals surface area contributed by atoms with Gasteiger partial charge in [0.25, 0.3) is 0 Å². The minimum absolute atomic E-state index is 0.124. The van der Waals surface area contributed by atoms with Gasteiger partial charge in [0.15, 0.2) is 0 Å². The van der Waals surface area contributed by atoms with Gasteiger partial charge in [0.2, 0.25) is 0 Å². The average Bonchev–Trinajstić information content (AvgIpc) is 2.45. The number of hydrogen-bond donors (Lipinski definition) is 0. The van der Waals surface area contributed by atoms with E-state index in [1.165, 1.54) is 38.5 Å². The molecule has 0 saturated heterocycles. The molecular formula is C18H36O2Si. The van der Waals surface area contributed by atoms with Crippen LogP contribution >= 0.6 is 0 Å². The van der Waals surface area contributed by atoms with Crippen molar-refractivity contribution in [1.82, 2.24) is 0 Å². The molecule has 2 unspecified atom stereocenters. The van der Waals surface area contributed by atoms with E-state index in [-0.39, 0.29) is 12.2 Å². The third-order valence-electron chi connectivity index (χ3n) is 3.58. The van der Waals surface area contributed by atoms with Gasteiger partial charge < -0.3 is 8.85 Å². The van der Waals surface area contributed by atoms with Gasteiger partial charge in [0.05, 0.1) is 12.2 Å². The second-order valence-electron chi connectivity index (χ2n) is 6.18. The molecular weight excluding hydrogens is 276 g/mol. The predicted molar refractivity (Wildman–Crippen MR) is 95.9 cm³/mol. The molecule has 0 bridgehead atoms. The molecule has 0 radical (unpaired) electrons.